The molecular weight excluding hydrogens is 525 g/mol. The van der Waals surface area contributed by atoms with Crippen LogP contribution in [0.3, 0.4) is 0 Å². The molecule has 3 heterocycles. The zero-order valence-corrected chi connectivity index (χ0v) is 22.4. The summed E-state index contributed by atoms with van der Waals surface area (Å²) in [6, 6.07) is 11.0. The molecular formula is C28H25Cl2N5O3. The summed E-state index contributed by atoms with van der Waals surface area (Å²) in [7, 11) is 3.23. The number of benzene rings is 2. The maximum Gasteiger partial charge on any atom is 0.266 e. The van der Waals surface area contributed by atoms with Crippen LogP contribution >= 0.6 is 23.2 Å². The predicted octanol–water partition coefficient (Wildman–Crippen LogP) is 4.91. The molecule has 194 valence electrons. The van der Waals surface area contributed by atoms with Crippen LogP contribution in [-0.4, -0.2) is 48.5 Å². The highest BCUT2D eigenvalue weighted by atomic mass is 35.5. The quantitative estimate of drug-likeness (QED) is 0.330. The number of hydrogen-bond acceptors (Lipinski definition) is 7. The van der Waals surface area contributed by atoms with Crippen molar-refractivity contribution in [1.29, 1.82) is 0 Å². The largest absolute Gasteiger partial charge is 0.496 e. The van der Waals surface area contributed by atoms with Gasteiger partial charge in [0.2, 0.25) is 5.95 Å². The summed E-state index contributed by atoms with van der Waals surface area (Å²) in [6.45, 7) is 2.14. The van der Waals surface area contributed by atoms with Gasteiger partial charge in [-0.15, -0.1) is 0 Å². The van der Waals surface area contributed by atoms with E-state index in [-0.39, 0.29) is 17.6 Å². The SMILES string of the molecule is COCC#Cc1cn(-c2c(Cl)cccc2Cl)c(=O)c2cnc(Nc3ccc(C4CCNC4)c(OC)c3)nc12. The Balaban J connectivity index is 1.58. The summed E-state index contributed by atoms with van der Waals surface area (Å²) in [6.07, 6.45) is 4.14. The fourth-order valence-electron chi connectivity index (χ4n) is 4.54. The molecule has 4 aromatic rings. The van der Waals surface area contributed by atoms with Gasteiger partial charge in [-0.2, -0.15) is 0 Å². The van der Waals surface area contributed by atoms with Crippen molar-refractivity contribution in [3.63, 3.8) is 0 Å². The summed E-state index contributed by atoms with van der Waals surface area (Å²) < 4.78 is 12.1. The molecule has 1 unspecified atom stereocenters. The number of hydrogen-bond donors (Lipinski definition) is 2. The highest BCUT2D eigenvalue weighted by Crippen LogP contribution is 2.34. The number of nitrogens with zero attached hydrogens (tertiary/aromatic N) is 3. The van der Waals surface area contributed by atoms with E-state index in [0.29, 0.717) is 38.7 Å². The third kappa shape index (κ3) is 5.19. The van der Waals surface area contributed by atoms with Crippen LogP contribution in [0.5, 0.6) is 5.75 Å². The molecule has 0 bridgehead atoms. The molecule has 2 aromatic carbocycles. The molecule has 38 heavy (non-hydrogen) atoms. The Bertz CT molecular complexity index is 1600. The van der Waals surface area contributed by atoms with Crippen molar-refractivity contribution in [3.05, 3.63) is 80.3 Å². The molecule has 1 fully saturated rings. The van der Waals surface area contributed by atoms with Crippen molar-refractivity contribution >= 4 is 45.7 Å². The molecule has 0 aliphatic carbocycles. The first kappa shape index (κ1) is 26.0. The second kappa shape index (κ2) is 11.4. The zero-order chi connectivity index (χ0) is 26.6. The Morgan fingerprint density at radius 2 is 2.03 bits per heavy atom. The van der Waals surface area contributed by atoms with E-state index >= 15 is 0 Å². The number of para-hydroxylation sites is 1. The van der Waals surface area contributed by atoms with E-state index in [2.05, 4.69) is 38.5 Å². The van der Waals surface area contributed by atoms with Crippen LogP contribution in [0.1, 0.15) is 23.5 Å². The third-order valence-corrected chi connectivity index (χ3v) is 6.97. The van der Waals surface area contributed by atoms with Gasteiger partial charge in [-0.1, -0.05) is 47.2 Å². The van der Waals surface area contributed by atoms with Gasteiger partial charge in [0.05, 0.1) is 39.3 Å². The average molecular weight is 550 g/mol. The summed E-state index contributed by atoms with van der Waals surface area (Å²) >= 11 is 12.8. The lowest BCUT2D eigenvalue weighted by molar-refractivity contribution is 0.240. The number of ether oxygens (including phenoxy) is 2. The summed E-state index contributed by atoms with van der Waals surface area (Å²) in [5.41, 5.74) is 2.83. The lowest BCUT2D eigenvalue weighted by atomic mass is 9.97. The number of fused-ring (bicyclic) bond motifs is 1. The Labute approximate surface area is 229 Å². The Hall–Kier alpha value is -3.61. The normalized spacial score (nSPS) is 14.8. The van der Waals surface area contributed by atoms with E-state index in [1.807, 2.05) is 12.1 Å². The monoisotopic (exact) mass is 549 g/mol. The number of methoxy groups -OCH3 is 2. The van der Waals surface area contributed by atoms with Crippen LogP contribution in [-0.2, 0) is 4.74 Å². The lowest BCUT2D eigenvalue weighted by Crippen LogP contribution is -2.20. The van der Waals surface area contributed by atoms with Crippen molar-refractivity contribution in [2.45, 2.75) is 12.3 Å². The van der Waals surface area contributed by atoms with Crippen molar-refractivity contribution in [1.82, 2.24) is 19.9 Å². The van der Waals surface area contributed by atoms with Crippen LogP contribution in [0.25, 0.3) is 16.6 Å². The highest BCUT2D eigenvalue weighted by Gasteiger charge is 2.21. The number of anilines is 2. The molecule has 1 aliphatic rings. The molecule has 2 N–H and O–H groups in total. The van der Waals surface area contributed by atoms with Crippen molar-refractivity contribution < 1.29 is 9.47 Å². The molecule has 5 rings (SSSR count). The van der Waals surface area contributed by atoms with E-state index in [1.165, 1.54) is 10.8 Å². The first-order valence-corrected chi connectivity index (χ1v) is 12.8. The van der Waals surface area contributed by atoms with E-state index in [4.69, 9.17) is 32.7 Å². The number of nitrogens with one attached hydrogen (secondary N) is 2. The number of pyridine rings is 1. The van der Waals surface area contributed by atoms with Gasteiger partial charge in [-0.05, 0) is 36.7 Å². The van der Waals surface area contributed by atoms with Gasteiger partial charge in [0, 0.05) is 43.7 Å². The van der Waals surface area contributed by atoms with Crippen molar-refractivity contribution in [2.75, 3.05) is 39.2 Å². The van der Waals surface area contributed by atoms with E-state index in [9.17, 15) is 4.79 Å². The fourth-order valence-corrected chi connectivity index (χ4v) is 5.12. The van der Waals surface area contributed by atoms with Gasteiger partial charge in [0.15, 0.2) is 0 Å². The van der Waals surface area contributed by atoms with Crippen molar-refractivity contribution in [3.8, 4) is 23.3 Å². The van der Waals surface area contributed by atoms with Crippen LogP contribution < -0.4 is 20.9 Å². The molecule has 0 radical (unpaired) electrons. The first-order valence-electron chi connectivity index (χ1n) is 12.0. The lowest BCUT2D eigenvalue weighted by Gasteiger charge is -2.16. The van der Waals surface area contributed by atoms with Gasteiger partial charge in [-0.25, -0.2) is 9.97 Å². The standard InChI is InChI=1S/C28H25Cl2N5O3/c1-37-12-4-5-18-16-35(26-22(29)6-3-7-23(26)30)27(36)21-15-32-28(34-25(18)21)33-19-8-9-20(24(13-19)38-2)17-10-11-31-14-17/h3,6-9,13,15-17,31H,10-12,14H2,1-2H3,(H,32,33,34). The van der Waals surface area contributed by atoms with Gasteiger partial charge in [0.25, 0.3) is 5.56 Å². The minimum absolute atomic E-state index is 0.215. The minimum atomic E-state index is -0.366. The van der Waals surface area contributed by atoms with Crippen LogP contribution in [0.4, 0.5) is 11.6 Å². The number of aromatic nitrogens is 3. The smallest absolute Gasteiger partial charge is 0.266 e. The van der Waals surface area contributed by atoms with Gasteiger partial charge in [0.1, 0.15) is 12.4 Å². The highest BCUT2D eigenvalue weighted by molar-refractivity contribution is 6.37. The molecule has 1 aliphatic heterocycles. The Kier molecular flexibility index (Phi) is 7.82. The second-order valence-corrected chi connectivity index (χ2v) is 9.56. The molecule has 1 atom stereocenters. The topological polar surface area (TPSA) is 90.3 Å². The number of rotatable bonds is 6. The van der Waals surface area contributed by atoms with Gasteiger partial charge < -0.3 is 20.1 Å². The van der Waals surface area contributed by atoms with Crippen LogP contribution in [0.2, 0.25) is 10.0 Å². The maximum atomic E-state index is 13.5. The maximum absolute atomic E-state index is 13.5. The molecule has 0 saturated carbocycles. The van der Waals surface area contributed by atoms with Crippen LogP contribution in [0, 0.1) is 11.8 Å². The first-order chi connectivity index (χ1) is 18.5. The predicted molar refractivity (Wildman–Crippen MR) is 150 cm³/mol. The van der Waals surface area contributed by atoms with Crippen LogP contribution in [0.15, 0.2) is 53.6 Å². The van der Waals surface area contributed by atoms with E-state index in [0.717, 1.165) is 36.5 Å². The summed E-state index contributed by atoms with van der Waals surface area (Å²) in [4.78, 5) is 22.5. The summed E-state index contributed by atoms with van der Waals surface area (Å²) in [5.74, 6) is 7.51. The fraction of sp³-hybridized carbons (Fsp3) is 0.250. The van der Waals surface area contributed by atoms with Crippen molar-refractivity contribution in [2.24, 2.45) is 0 Å². The molecule has 0 amide bonds. The molecule has 8 nitrogen and oxygen atoms in total. The Morgan fingerprint density at radius 1 is 1.21 bits per heavy atom. The van der Waals surface area contributed by atoms with E-state index < -0.39 is 0 Å². The molecule has 1 saturated heterocycles. The second-order valence-electron chi connectivity index (χ2n) is 8.75. The summed E-state index contributed by atoms with van der Waals surface area (Å²) in [5, 5.41) is 7.56. The molecule has 10 heteroatoms. The number of halogens is 2. The zero-order valence-electron chi connectivity index (χ0n) is 20.8. The third-order valence-electron chi connectivity index (χ3n) is 6.36. The van der Waals surface area contributed by atoms with E-state index in [1.54, 1.807) is 38.6 Å². The Morgan fingerprint density at radius 3 is 2.74 bits per heavy atom. The average Bonchev–Trinajstić information content (AvgIpc) is 3.45. The molecule has 2 aromatic heterocycles. The minimum Gasteiger partial charge on any atom is -0.496 e. The van der Waals surface area contributed by atoms with Gasteiger partial charge >= 0.3 is 0 Å². The van der Waals surface area contributed by atoms with Gasteiger partial charge in [-0.3, -0.25) is 9.36 Å². The molecule has 0 spiro atoms.